The van der Waals surface area contributed by atoms with Crippen molar-refractivity contribution in [3.63, 3.8) is 0 Å². The summed E-state index contributed by atoms with van der Waals surface area (Å²) in [5, 5.41) is 0. The normalized spacial score (nSPS) is 17.1. The van der Waals surface area contributed by atoms with E-state index < -0.39 is 6.04 Å². The fraction of sp³-hybridized carbons (Fsp3) is 0.588. The Morgan fingerprint density at radius 1 is 1.17 bits per heavy atom. The van der Waals surface area contributed by atoms with Crippen LogP contribution < -0.4 is 5.73 Å². The number of halogens is 2. The predicted molar refractivity (Wildman–Crippen MR) is 100 cm³/mol. The van der Waals surface area contributed by atoms with Gasteiger partial charge in [0.05, 0.1) is 0 Å². The van der Waals surface area contributed by atoms with Gasteiger partial charge < -0.3 is 15.5 Å². The summed E-state index contributed by atoms with van der Waals surface area (Å²) in [7, 11) is 1.89. The number of amides is 1. The summed E-state index contributed by atoms with van der Waals surface area (Å²) in [4.78, 5) is 16.9. The lowest BCUT2D eigenvalue weighted by molar-refractivity contribution is -0.134. The van der Waals surface area contributed by atoms with Crippen LogP contribution in [0, 0.1) is 0 Å². The number of carbonyl (C=O) groups is 1. The molecule has 0 radical (unpaired) electrons. The van der Waals surface area contributed by atoms with E-state index in [0.717, 1.165) is 31.5 Å². The Morgan fingerprint density at radius 3 is 2.17 bits per heavy atom. The number of nitrogens with two attached hydrogens (primary N) is 1. The molecule has 0 bridgehead atoms. The van der Waals surface area contributed by atoms with Crippen LogP contribution >= 0.6 is 24.8 Å². The molecule has 0 aliphatic carbocycles. The summed E-state index contributed by atoms with van der Waals surface area (Å²) in [5.41, 5.74) is 7.00. The van der Waals surface area contributed by atoms with Gasteiger partial charge >= 0.3 is 0 Å². The molecule has 1 aliphatic rings. The largest absolute Gasteiger partial charge is 0.341 e. The van der Waals surface area contributed by atoms with E-state index in [4.69, 9.17) is 5.73 Å². The fourth-order valence-corrected chi connectivity index (χ4v) is 2.99. The number of likely N-dealkylation sites (N-methyl/N-ethyl adjacent to an activating group) is 1. The van der Waals surface area contributed by atoms with Crippen LogP contribution in [0.3, 0.4) is 0 Å². The van der Waals surface area contributed by atoms with E-state index in [1.807, 2.05) is 42.3 Å². The summed E-state index contributed by atoms with van der Waals surface area (Å²) in [6.45, 7) is 6.56. The van der Waals surface area contributed by atoms with Crippen molar-refractivity contribution in [3.8, 4) is 0 Å². The lowest BCUT2D eigenvalue weighted by Gasteiger charge is -2.39. The standard InChI is InChI=1S/C17H27N3O.2ClH/c1-13(2)20-11-9-15(10-12-20)19(3)17(21)16(18)14-7-5-4-6-8-14;;/h4-8,13,15-16H,9-12,18H2,1-3H3;2*1H. The number of piperidine rings is 1. The smallest absolute Gasteiger partial charge is 0.244 e. The first kappa shape index (κ1) is 22.2. The summed E-state index contributed by atoms with van der Waals surface area (Å²) >= 11 is 0. The number of benzene rings is 1. The van der Waals surface area contributed by atoms with Crippen LogP contribution in [0.25, 0.3) is 0 Å². The first-order valence-corrected chi connectivity index (χ1v) is 7.82. The molecule has 0 aromatic heterocycles. The quantitative estimate of drug-likeness (QED) is 0.896. The van der Waals surface area contributed by atoms with E-state index >= 15 is 0 Å². The van der Waals surface area contributed by atoms with Gasteiger partial charge in [0.1, 0.15) is 6.04 Å². The molecule has 2 rings (SSSR count). The van der Waals surface area contributed by atoms with E-state index in [0.29, 0.717) is 12.1 Å². The molecule has 6 heteroatoms. The Labute approximate surface area is 152 Å². The highest BCUT2D eigenvalue weighted by Gasteiger charge is 2.29. The molecular weight excluding hydrogens is 333 g/mol. The van der Waals surface area contributed by atoms with Crippen molar-refractivity contribution in [3.05, 3.63) is 35.9 Å². The molecule has 1 aromatic carbocycles. The second kappa shape index (κ2) is 10.1. The molecule has 1 aliphatic heterocycles. The van der Waals surface area contributed by atoms with Gasteiger partial charge in [-0.3, -0.25) is 4.79 Å². The zero-order chi connectivity index (χ0) is 15.4. The van der Waals surface area contributed by atoms with Gasteiger partial charge in [-0.05, 0) is 32.3 Å². The maximum Gasteiger partial charge on any atom is 0.244 e. The minimum atomic E-state index is -0.556. The second-order valence-corrected chi connectivity index (χ2v) is 6.20. The number of hydrogen-bond donors (Lipinski definition) is 1. The summed E-state index contributed by atoms with van der Waals surface area (Å²) in [6.07, 6.45) is 2.06. The average Bonchev–Trinajstić information content (AvgIpc) is 2.53. The maximum absolute atomic E-state index is 12.5. The van der Waals surface area contributed by atoms with E-state index in [9.17, 15) is 4.79 Å². The van der Waals surface area contributed by atoms with Gasteiger partial charge in [-0.1, -0.05) is 30.3 Å². The molecule has 1 amide bonds. The van der Waals surface area contributed by atoms with Crippen molar-refractivity contribution in [2.45, 2.75) is 44.8 Å². The van der Waals surface area contributed by atoms with Gasteiger partial charge in [-0.15, -0.1) is 24.8 Å². The molecule has 2 N–H and O–H groups in total. The van der Waals surface area contributed by atoms with Gasteiger partial charge in [-0.2, -0.15) is 0 Å². The van der Waals surface area contributed by atoms with Crippen molar-refractivity contribution in [1.82, 2.24) is 9.80 Å². The van der Waals surface area contributed by atoms with Crippen LogP contribution in [0.15, 0.2) is 30.3 Å². The third-order valence-corrected chi connectivity index (χ3v) is 4.55. The minimum absolute atomic E-state index is 0. The van der Waals surface area contributed by atoms with Gasteiger partial charge in [0.2, 0.25) is 5.91 Å². The number of carbonyl (C=O) groups excluding carboxylic acids is 1. The highest BCUT2D eigenvalue weighted by Crippen LogP contribution is 2.20. The molecule has 0 saturated carbocycles. The van der Waals surface area contributed by atoms with Crippen LogP contribution in [0.4, 0.5) is 0 Å². The Kier molecular flexibility index (Phi) is 9.78. The SMILES string of the molecule is CC(C)N1CCC(N(C)C(=O)C(N)c2ccccc2)CC1.Cl.Cl. The van der Waals surface area contributed by atoms with Crippen LogP contribution in [0.5, 0.6) is 0 Å². The molecule has 4 nitrogen and oxygen atoms in total. The van der Waals surface area contributed by atoms with Gasteiger partial charge in [0.25, 0.3) is 0 Å². The summed E-state index contributed by atoms with van der Waals surface area (Å²) in [5.74, 6) is 0.0178. The highest BCUT2D eigenvalue weighted by atomic mass is 35.5. The van der Waals surface area contributed by atoms with Gasteiger partial charge in [0.15, 0.2) is 0 Å². The number of nitrogens with zero attached hydrogens (tertiary/aromatic N) is 2. The molecule has 1 saturated heterocycles. The molecule has 1 atom stereocenters. The maximum atomic E-state index is 12.5. The Hall–Kier alpha value is -0.810. The first-order valence-electron chi connectivity index (χ1n) is 7.82. The molecule has 0 spiro atoms. The third kappa shape index (κ3) is 5.64. The van der Waals surface area contributed by atoms with E-state index in [1.165, 1.54) is 0 Å². The highest BCUT2D eigenvalue weighted by molar-refractivity contribution is 5.85. The van der Waals surface area contributed by atoms with Crippen molar-refractivity contribution >= 4 is 30.7 Å². The second-order valence-electron chi connectivity index (χ2n) is 6.20. The fourth-order valence-electron chi connectivity index (χ4n) is 2.99. The summed E-state index contributed by atoms with van der Waals surface area (Å²) < 4.78 is 0. The Balaban J connectivity index is 0.00000242. The van der Waals surface area contributed by atoms with Crippen LogP contribution in [0.1, 0.15) is 38.3 Å². The Morgan fingerprint density at radius 2 is 1.70 bits per heavy atom. The van der Waals surface area contributed by atoms with Crippen molar-refractivity contribution in [2.24, 2.45) is 5.73 Å². The lowest BCUT2D eigenvalue weighted by atomic mass is 10.00. The minimum Gasteiger partial charge on any atom is -0.341 e. The Bertz CT molecular complexity index is 462. The molecule has 1 fully saturated rings. The molecular formula is C17H29Cl2N3O. The molecule has 23 heavy (non-hydrogen) atoms. The van der Waals surface area contributed by atoms with Crippen LogP contribution in [-0.2, 0) is 4.79 Å². The number of hydrogen-bond acceptors (Lipinski definition) is 3. The van der Waals surface area contributed by atoms with E-state index in [1.54, 1.807) is 0 Å². The lowest BCUT2D eigenvalue weighted by Crippen LogP contribution is -2.49. The van der Waals surface area contributed by atoms with Crippen molar-refractivity contribution < 1.29 is 4.79 Å². The number of likely N-dealkylation sites (tertiary alicyclic amines) is 1. The van der Waals surface area contributed by atoms with Gasteiger partial charge in [0, 0.05) is 32.2 Å². The van der Waals surface area contributed by atoms with Gasteiger partial charge in [-0.25, -0.2) is 0 Å². The summed E-state index contributed by atoms with van der Waals surface area (Å²) in [6, 6.07) is 9.94. The molecule has 1 aromatic rings. The van der Waals surface area contributed by atoms with Crippen molar-refractivity contribution in [1.29, 1.82) is 0 Å². The number of rotatable bonds is 4. The van der Waals surface area contributed by atoms with Crippen LogP contribution in [-0.4, -0.2) is 47.9 Å². The average molecular weight is 362 g/mol. The third-order valence-electron chi connectivity index (χ3n) is 4.55. The van der Waals surface area contributed by atoms with Crippen molar-refractivity contribution in [2.75, 3.05) is 20.1 Å². The monoisotopic (exact) mass is 361 g/mol. The van der Waals surface area contributed by atoms with E-state index in [-0.39, 0.29) is 30.7 Å². The molecule has 1 unspecified atom stereocenters. The van der Waals surface area contributed by atoms with Crippen LogP contribution in [0.2, 0.25) is 0 Å². The topological polar surface area (TPSA) is 49.6 Å². The zero-order valence-corrected chi connectivity index (χ0v) is 15.8. The predicted octanol–water partition coefficient (Wildman–Crippen LogP) is 2.86. The molecule has 1 heterocycles. The zero-order valence-electron chi connectivity index (χ0n) is 14.1. The molecule has 132 valence electrons. The first-order chi connectivity index (χ1) is 10.0. The van der Waals surface area contributed by atoms with E-state index in [2.05, 4.69) is 18.7 Å².